The highest BCUT2D eigenvalue weighted by Gasteiger charge is 2.25. The van der Waals surface area contributed by atoms with Crippen molar-refractivity contribution >= 4 is 17.1 Å². The van der Waals surface area contributed by atoms with Gasteiger partial charge in [0.15, 0.2) is 12.4 Å². The molecule has 0 fully saturated rings. The normalized spacial score (nSPS) is 9.73. The number of nitro benzene ring substituents is 2. The van der Waals surface area contributed by atoms with Gasteiger partial charge in [0.1, 0.15) is 6.07 Å². The second kappa shape index (κ2) is 6.81. The summed E-state index contributed by atoms with van der Waals surface area (Å²) in [5.74, 6) is 0. The average molecular weight is 325 g/mol. The molecule has 22 heavy (non-hydrogen) atoms. The number of pyridine rings is 1. The average Bonchev–Trinajstić information content (AvgIpc) is 2.46. The molecule has 1 heterocycles. The summed E-state index contributed by atoms with van der Waals surface area (Å²) in [6.45, 7) is 0. The van der Waals surface area contributed by atoms with Gasteiger partial charge >= 0.3 is 5.69 Å². The quantitative estimate of drug-likeness (QED) is 0.402. The van der Waals surface area contributed by atoms with Crippen LogP contribution in [0.3, 0.4) is 0 Å². The molecule has 8 nitrogen and oxygen atoms in total. The fourth-order valence-electron chi connectivity index (χ4n) is 1.87. The Kier molecular flexibility index (Phi) is 5.36. The highest BCUT2D eigenvalue weighted by molar-refractivity contribution is 5.54. The number of aromatic nitrogens is 1. The Morgan fingerprint density at radius 2 is 1.59 bits per heavy atom. The van der Waals surface area contributed by atoms with Crippen LogP contribution in [-0.2, 0) is 0 Å². The van der Waals surface area contributed by atoms with Crippen LogP contribution < -0.4 is 21.9 Å². The Hall–Kier alpha value is -2.74. The smallest absolute Gasteiger partial charge is 0.347 e. The van der Waals surface area contributed by atoms with Crippen LogP contribution in [0.4, 0.5) is 17.1 Å². The molecule has 116 valence electrons. The predicted molar refractivity (Wildman–Crippen MR) is 75.6 cm³/mol. The lowest BCUT2D eigenvalue weighted by Crippen LogP contribution is -3.00. The fourth-order valence-corrected chi connectivity index (χ4v) is 1.87. The van der Waals surface area contributed by atoms with Gasteiger partial charge in [-0.3, -0.25) is 20.2 Å². The van der Waals surface area contributed by atoms with E-state index >= 15 is 0 Å². The molecule has 0 spiro atoms. The van der Waals surface area contributed by atoms with E-state index in [1.807, 2.05) is 19.0 Å². The zero-order chi connectivity index (χ0) is 15.6. The van der Waals surface area contributed by atoms with E-state index in [2.05, 4.69) is 0 Å². The summed E-state index contributed by atoms with van der Waals surface area (Å²) in [4.78, 5) is 22.4. The third kappa shape index (κ3) is 3.47. The van der Waals surface area contributed by atoms with Crippen LogP contribution in [0.2, 0.25) is 0 Å². The van der Waals surface area contributed by atoms with Crippen LogP contribution in [-0.4, -0.2) is 23.9 Å². The molecule has 0 aliphatic carbocycles. The highest BCUT2D eigenvalue weighted by atomic mass is 35.5. The minimum absolute atomic E-state index is 0. The molecule has 0 N–H and O–H groups in total. The Morgan fingerprint density at radius 1 is 1.00 bits per heavy atom. The molecule has 0 atom stereocenters. The van der Waals surface area contributed by atoms with Crippen LogP contribution in [0.15, 0.2) is 42.7 Å². The van der Waals surface area contributed by atoms with Crippen LogP contribution >= 0.6 is 0 Å². The predicted octanol–water partition coefficient (Wildman–Crippen LogP) is -1.15. The van der Waals surface area contributed by atoms with Crippen molar-refractivity contribution in [2.24, 2.45) is 0 Å². The molecule has 1 aromatic heterocycles. The van der Waals surface area contributed by atoms with Gasteiger partial charge < -0.3 is 17.3 Å². The Morgan fingerprint density at radius 3 is 2.05 bits per heavy atom. The topological polar surface area (TPSA) is 93.4 Å². The summed E-state index contributed by atoms with van der Waals surface area (Å²) in [5, 5.41) is 21.8. The molecule has 0 amide bonds. The molecule has 0 bridgehead atoms. The summed E-state index contributed by atoms with van der Waals surface area (Å²) < 4.78 is 1.55. The van der Waals surface area contributed by atoms with Crippen molar-refractivity contribution in [1.29, 1.82) is 0 Å². The second-order valence-electron chi connectivity index (χ2n) is 4.55. The number of nitro groups is 2. The molecule has 0 aliphatic rings. The van der Waals surface area contributed by atoms with Crippen molar-refractivity contribution in [1.82, 2.24) is 0 Å². The highest BCUT2D eigenvalue weighted by Crippen LogP contribution is 2.24. The lowest BCUT2D eigenvalue weighted by Gasteiger charge is -2.10. The standard InChI is InChI=1S/C13H13N4O4.ClH/c1-14(2)10-5-7-15(8-6-10)12-4-3-11(16(18)19)9-13(12)17(20)21;/h3-9H,1-2H3;1H/q+1;/p-1. The van der Waals surface area contributed by atoms with Gasteiger partial charge in [-0.15, -0.1) is 0 Å². The number of hydrogen-bond donors (Lipinski definition) is 0. The first-order valence-electron chi connectivity index (χ1n) is 6.02. The Balaban J connectivity index is 0.00000242. The summed E-state index contributed by atoms with van der Waals surface area (Å²) in [6.07, 6.45) is 3.34. The molecule has 0 aliphatic heterocycles. The van der Waals surface area contributed by atoms with E-state index < -0.39 is 9.85 Å². The first kappa shape index (κ1) is 17.3. The summed E-state index contributed by atoms with van der Waals surface area (Å²) in [7, 11) is 3.77. The maximum Gasteiger partial charge on any atom is 0.347 e. The van der Waals surface area contributed by atoms with Crippen LogP contribution in [0, 0.1) is 20.2 Å². The van der Waals surface area contributed by atoms with E-state index in [0.717, 1.165) is 11.8 Å². The van der Waals surface area contributed by atoms with E-state index in [9.17, 15) is 20.2 Å². The van der Waals surface area contributed by atoms with Gasteiger partial charge in [-0.25, -0.2) is 0 Å². The summed E-state index contributed by atoms with van der Waals surface area (Å²) >= 11 is 0. The lowest BCUT2D eigenvalue weighted by molar-refractivity contribution is -0.600. The number of benzene rings is 1. The monoisotopic (exact) mass is 324 g/mol. The molecule has 0 radical (unpaired) electrons. The number of anilines is 1. The molecule has 0 unspecified atom stereocenters. The van der Waals surface area contributed by atoms with E-state index in [4.69, 9.17) is 0 Å². The maximum atomic E-state index is 11.1. The zero-order valence-corrected chi connectivity index (χ0v) is 12.6. The van der Waals surface area contributed by atoms with E-state index in [0.29, 0.717) is 0 Å². The number of non-ortho nitro benzene ring substituents is 1. The molecular formula is C13H13ClN4O4. The third-order valence-electron chi connectivity index (χ3n) is 2.97. The second-order valence-corrected chi connectivity index (χ2v) is 4.55. The molecule has 2 rings (SSSR count). The van der Waals surface area contributed by atoms with Gasteiger partial charge in [0.2, 0.25) is 0 Å². The van der Waals surface area contributed by atoms with E-state index in [1.165, 1.54) is 12.1 Å². The number of rotatable bonds is 4. The van der Waals surface area contributed by atoms with Crippen molar-refractivity contribution in [2.45, 2.75) is 0 Å². The number of nitrogens with zero attached hydrogens (tertiary/aromatic N) is 4. The van der Waals surface area contributed by atoms with Crippen molar-refractivity contribution in [3.05, 3.63) is 63.0 Å². The summed E-state index contributed by atoms with van der Waals surface area (Å²) in [6, 6.07) is 7.17. The van der Waals surface area contributed by atoms with Crippen molar-refractivity contribution in [3.63, 3.8) is 0 Å². The molecule has 2 aromatic rings. The summed E-state index contributed by atoms with van der Waals surface area (Å²) in [5.41, 5.74) is 0.592. The van der Waals surface area contributed by atoms with Gasteiger partial charge in [0, 0.05) is 44.0 Å². The lowest BCUT2D eigenvalue weighted by atomic mass is 10.2. The van der Waals surface area contributed by atoms with Crippen molar-refractivity contribution < 1.29 is 26.8 Å². The van der Waals surface area contributed by atoms with Crippen LogP contribution in [0.25, 0.3) is 5.69 Å². The number of halogens is 1. The van der Waals surface area contributed by atoms with Gasteiger partial charge in [0.25, 0.3) is 11.4 Å². The van der Waals surface area contributed by atoms with Crippen LogP contribution in [0.1, 0.15) is 0 Å². The molecule has 0 saturated heterocycles. The van der Waals surface area contributed by atoms with Gasteiger partial charge in [-0.1, -0.05) is 0 Å². The van der Waals surface area contributed by atoms with Crippen molar-refractivity contribution in [3.8, 4) is 5.69 Å². The molecular weight excluding hydrogens is 312 g/mol. The largest absolute Gasteiger partial charge is 1.00 e. The van der Waals surface area contributed by atoms with E-state index in [1.54, 1.807) is 29.1 Å². The molecule has 1 aromatic carbocycles. The minimum atomic E-state index is -0.656. The minimum Gasteiger partial charge on any atom is -1.00 e. The Labute approximate surface area is 132 Å². The zero-order valence-electron chi connectivity index (χ0n) is 11.8. The molecule has 0 saturated carbocycles. The molecule has 9 heteroatoms. The fraction of sp³-hybridized carbons (Fsp3) is 0.154. The van der Waals surface area contributed by atoms with Gasteiger partial charge in [0.05, 0.1) is 9.85 Å². The van der Waals surface area contributed by atoms with Crippen LogP contribution in [0.5, 0.6) is 0 Å². The van der Waals surface area contributed by atoms with Crippen molar-refractivity contribution in [2.75, 3.05) is 19.0 Å². The van der Waals surface area contributed by atoms with Gasteiger partial charge in [-0.2, -0.15) is 4.57 Å². The Bertz CT molecular complexity index is 704. The SMILES string of the molecule is CN(C)c1cc[n+](-c2ccc([N+](=O)[O-])cc2[N+](=O)[O-])cc1.[Cl-]. The first-order chi connectivity index (χ1) is 9.90. The number of hydrogen-bond acceptors (Lipinski definition) is 5. The first-order valence-corrected chi connectivity index (χ1v) is 6.02. The van der Waals surface area contributed by atoms with Gasteiger partial charge in [-0.05, 0) is 0 Å². The van der Waals surface area contributed by atoms with E-state index in [-0.39, 0.29) is 29.5 Å². The maximum absolute atomic E-state index is 11.1. The third-order valence-corrected chi connectivity index (χ3v) is 2.97.